The van der Waals surface area contributed by atoms with E-state index in [-0.39, 0.29) is 10.8 Å². The molecule has 0 saturated carbocycles. The van der Waals surface area contributed by atoms with Crippen LogP contribution in [0, 0.1) is 0 Å². The molecule has 10 N–H and O–H groups in total. The summed E-state index contributed by atoms with van der Waals surface area (Å²) < 4.78 is 88.8. The van der Waals surface area contributed by atoms with E-state index in [4.69, 9.17) is 10.2 Å². The Morgan fingerprint density at radius 1 is 0.879 bits per heavy atom. The smallest absolute Gasteiger partial charge is 0.558 e. The molecule has 3 aromatic carbocycles. The second-order valence-electron chi connectivity index (χ2n) is 6.65. The molecule has 2 unspecified atom stereocenters. The lowest BCUT2D eigenvalue weighted by Gasteiger charge is -2.13. The zero-order valence-corrected chi connectivity index (χ0v) is 18.5. The van der Waals surface area contributed by atoms with Gasteiger partial charge in [-0.3, -0.25) is 4.72 Å². The first-order valence-corrected chi connectivity index (χ1v) is 12.9. The number of hydrogen-bond donors (Lipinski definition) is 4. The van der Waals surface area contributed by atoms with Crippen LogP contribution in [0.4, 0.5) is 5.69 Å². The van der Waals surface area contributed by atoms with Crippen LogP contribution in [-0.2, 0) is 30.3 Å². The monoisotopic (exact) mass is 523 g/mol. The quantitative estimate of drug-likeness (QED) is 0.260. The Kier molecular flexibility index (Phi) is 5.76. The van der Waals surface area contributed by atoms with Gasteiger partial charge in [-0.15, -0.1) is 8.42 Å². The molecule has 0 spiro atoms. The minimum atomic E-state index is -4.68. The zero-order valence-electron chi connectivity index (χ0n) is 16.0. The number of sulfonamides is 1. The summed E-state index contributed by atoms with van der Waals surface area (Å²) in [5.74, 6) is -2.51. The first kappa shape index (κ1) is 24.2. The number of nitrogens with one attached hydrogen (secondary N) is 1. The predicted octanol–water partition coefficient (Wildman–Crippen LogP) is 0.456. The Morgan fingerprint density at radius 3 is 1.94 bits per heavy atom. The van der Waals surface area contributed by atoms with Crippen molar-refractivity contribution in [3.8, 4) is 11.5 Å². The lowest BCUT2D eigenvalue weighted by atomic mass is 10.1. The fraction of sp³-hybridized carbons (Fsp3) is 0. The van der Waals surface area contributed by atoms with E-state index in [1.807, 2.05) is 4.72 Å². The molecule has 0 aliphatic heterocycles. The lowest BCUT2D eigenvalue weighted by molar-refractivity contribution is 0.0693. The van der Waals surface area contributed by atoms with Gasteiger partial charge in [0.1, 0.15) is 10.6 Å². The van der Waals surface area contributed by atoms with Gasteiger partial charge in [-0.1, -0.05) is 0 Å². The van der Waals surface area contributed by atoms with Crippen molar-refractivity contribution in [1.29, 1.82) is 0 Å². The molecule has 0 heterocycles. The summed E-state index contributed by atoms with van der Waals surface area (Å²) in [6.07, 6.45) is 0. The van der Waals surface area contributed by atoms with Crippen molar-refractivity contribution >= 4 is 52.7 Å². The summed E-state index contributed by atoms with van der Waals surface area (Å²) in [4.78, 5) is 9.33. The highest BCUT2D eigenvalue weighted by atomic mass is 32.2. The molecule has 33 heavy (non-hydrogen) atoms. The fourth-order valence-electron chi connectivity index (χ4n) is 2.91. The van der Waals surface area contributed by atoms with Gasteiger partial charge in [-0.2, -0.15) is 8.42 Å². The maximum absolute atomic E-state index is 12.9. The van der Waals surface area contributed by atoms with Gasteiger partial charge in [-0.05, 0) is 35.7 Å². The Hall–Kier alpha value is -3.44. The Bertz CT molecular complexity index is 1640. The van der Waals surface area contributed by atoms with Gasteiger partial charge in [0.15, 0.2) is 4.90 Å². The molecule has 2 atom stereocenters. The minimum Gasteiger partial charge on any atom is -0.593 e. The second kappa shape index (κ2) is 7.85. The number of carbonyl (C=O) groups excluding carboxylic acids is 1. The highest BCUT2D eigenvalue weighted by Crippen LogP contribution is 2.37. The van der Waals surface area contributed by atoms with Gasteiger partial charge in [0.2, 0.25) is 5.56 Å². The van der Waals surface area contributed by atoms with Gasteiger partial charge in [-0.25, -0.2) is 17.5 Å². The van der Waals surface area contributed by atoms with Crippen LogP contribution < -0.4 is 4.72 Å². The van der Waals surface area contributed by atoms with Crippen molar-refractivity contribution < 1.29 is 54.5 Å². The Balaban J connectivity index is 2.30. The third kappa shape index (κ3) is 4.83. The van der Waals surface area contributed by atoms with Crippen LogP contribution in [0.5, 0.6) is 11.5 Å². The van der Waals surface area contributed by atoms with Gasteiger partial charge in [0.05, 0.1) is 10.6 Å². The number of benzene rings is 3. The molecule has 0 saturated heterocycles. The third-order valence-electron chi connectivity index (χ3n) is 4.38. The van der Waals surface area contributed by atoms with E-state index < -0.39 is 73.7 Å². The molecule has 176 valence electrons. The molecule has 0 bridgehead atoms. The number of phenols is 1. The average molecular weight is 524 g/mol. The highest BCUT2D eigenvalue weighted by Gasteiger charge is 2.28. The number of phenolic OH excluding ortho intramolecular Hbond substituents is 1. The molecule has 0 radical (unpaired) electrons. The summed E-state index contributed by atoms with van der Waals surface area (Å²) in [6, 6.07) is 5.73. The SMILES string of the molecule is O=C([OH2+])c1cc(S(=O)(=O)Nc2cc(S(=O)(O)=[OH+])cc3cc(S(=O)(O)=[OH+])cc(O)c23)ccc1[OH2+]. The number of anilines is 1. The number of fused-ring (bicyclic) bond motifs is 1. The van der Waals surface area contributed by atoms with E-state index in [0.29, 0.717) is 6.07 Å². The normalized spacial score (nSPS) is 15.5. The van der Waals surface area contributed by atoms with Crippen LogP contribution in [-0.4, -0.2) is 55.6 Å². The molecule has 0 aliphatic rings. The average Bonchev–Trinajstić information content (AvgIpc) is 2.65. The predicted molar refractivity (Wildman–Crippen MR) is 116 cm³/mol. The van der Waals surface area contributed by atoms with Crippen LogP contribution in [0.1, 0.15) is 10.4 Å². The Morgan fingerprint density at radius 2 is 1.42 bits per heavy atom. The first-order chi connectivity index (χ1) is 15.0. The third-order valence-corrected chi connectivity index (χ3v) is 7.44. The van der Waals surface area contributed by atoms with Crippen LogP contribution in [0.15, 0.2) is 57.2 Å². The topological polar surface area (TPSA) is 247 Å². The number of hydrogen-bond acceptors (Lipinski definition) is 6. The van der Waals surface area contributed by atoms with Crippen LogP contribution >= 0.6 is 0 Å². The molecular formula is C17H17NO12S3+4. The molecule has 3 aromatic rings. The van der Waals surface area contributed by atoms with Crippen LogP contribution in [0.2, 0.25) is 0 Å². The fourth-order valence-corrected chi connectivity index (χ4v) is 5.09. The van der Waals surface area contributed by atoms with Gasteiger partial charge < -0.3 is 15.3 Å². The molecule has 3 rings (SSSR count). The Labute approximate surface area is 186 Å². The largest absolute Gasteiger partial charge is 0.593 e. The summed E-state index contributed by atoms with van der Waals surface area (Å²) in [5.41, 5.74) is -1.06. The maximum Gasteiger partial charge on any atom is 0.558 e. The first-order valence-electron chi connectivity index (χ1n) is 8.44. The van der Waals surface area contributed by atoms with E-state index in [1.54, 1.807) is 0 Å². The molecule has 0 aromatic heterocycles. The van der Waals surface area contributed by atoms with Crippen molar-refractivity contribution in [3.63, 3.8) is 0 Å². The van der Waals surface area contributed by atoms with E-state index in [2.05, 4.69) is 0 Å². The molecular weight excluding hydrogens is 506 g/mol. The number of aromatic hydroxyl groups is 1. The molecule has 0 amide bonds. The van der Waals surface area contributed by atoms with Crippen molar-refractivity contribution in [2.75, 3.05) is 4.72 Å². The lowest BCUT2D eigenvalue weighted by Crippen LogP contribution is -2.15. The van der Waals surface area contributed by atoms with E-state index in [1.165, 1.54) is 0 Å². The van der Waals surface area contributed by atoms with E-state index >= 15 is 0 Å². The number of carbonyl (C=O) groups is 1. The van der Waals surface area contributed by atoms with Crippen molar-refractivity contribution in [2.45, 2.75) is 14.7 Å². The maximum atomic E-state index is 12.9. The molecule has 0 aliphatic carbocycles. The standard InChI is InChI=1S/C17H13NO12S3/c19-14-2-1-9(5-12(14)17(21)22)31(23,24)18-13-6-10(32(25,26)27)3-8-4-11(33(28,29)30)7-15(20)16(8)13/h1-7,18-20H,(H,21,22)(H,25,26,27)(H,28,29,30)/p+4. The zero-order chi connectivity index (χ0) is 24.9. The van der Waals surface area contributed by atoms with Gasteiger partial charge in [0.25, 0.3) is 15.8 Å². The van der Waals surface area contributed by atoms with Gasteiger partial charge in [0, 0.05) is 22.3 Å². The van der Waals surface area contributed by atoms with Crippen LogP contribution in [0.3, 0.4) is 0 Å². The summed E-state index contributed by atoms with van der Waals surface area (Å²) in [5, 5.41) is 24.4. The summed E-state index contributed by atoms with van der Waals surface area (Å²) >= 11 is 0. The van der Waals surface area contributed by atoms with Crippen molar-refractivity contribution in [2.24, 2.45) is 0 Å². The highest BCUT2D eigenvalue weighted by molar-refractivity contribution is 7.92. The second-order valence-corrected chi connectivity index (χ2v) is 11.3. The molecule has 0 fully saturated rings. The molecule has 16 heteroatoms. The van der Waals surface area contributed by atoms with E-state index in [9.17, 15) is 44.3 Å². The van der Waals surface area contributed by atoms with Crippen molar-refractivity contribution in [3.05, 3.63) is 48.0 Å². The summed E-state index contributed by atoms with van der Waals surface area (Å²) in [7, 11) is -13.9. The number of rotatable bonds is 6. The van der Waals surface area contributed by atoms with Crippen molar-refractivity contribution in [1.82, 2.24) is 0 Å². The molecule has 13 nitrogen and oxygen atoms in total. The van der Waals surface area contributed by atoms with Gasteiger partial charge >= 0.3 is 26.2 Å². The minimum absolute atomic E-state index is 0.296. The summed E-state index contributed by atoms with van der Waals surface area (Å²) in [6.45, 7) is 0. The van der Waals surface area contributed by atoms with E-state index in [0.717, 1.165) is 36.4 Å². The van der Waals surface area contributed by atoms with Crippen LogP contribution in [0.25, 0.3) is 10.8 Å².